The molecule has 1 aromatic carbocycles. The minimum Gasteiger partial charge on any atom is -0.381 e. The van der Waals surface area contributed by atoms with Gasteiger partial charge < -0.3 is 15.6 Å². The van der Waals surface area contributed by atoms with Crippen molar-refractivity contribution in [2.24, 2.45) is 24.8 Å². The molecule has 4 saturated carbocycles. The summed E-state index contributed by atoms with van der Waals surface area (Å²) < 4.78 is 5.29. The van der Waals surface area contributed by atoms with E-state index in [2.05, 4.69) is 43.0 Å². The molecule has 3 N–H and O–H groups in total. The number of carbonyl (C=O) groups excluding carboxylic acids is 1. The Hall–Kier alpha value is -4.91. The van der Waals surface area contributed by atoms with Crippen LogP contribution >= 0.6 is 0 Å². The number of carbonyl (C=O) groups is 1. The lowest BCUT2D eigenvalue weighted by Crippen LogP contribution is -2.56. The van der Waals surface area contributed by atoms with Gasteiger partial charge in [-0.05, 0) is 86.8 Å². The van der Waals surface area contributed by atoms with Gasteiger partial charge in [0.1, 0.15) is 5.56 Å². The van der Waals surface area contributed by atoms with Crippen molar-refractivity contribution in [3.63, 3.8) is 0 Å². The maximum Gasteiger partial charge on any atom is 0.260 e. The number of rotatable bonds is 4. The van der Waals surface area contributed by atoms with E-state index in [1.54, 1.807) is 29.3 Å². The third kappa shape index (κ3) is 4.21. The molecule has 10 heteroatoms. The van der Waals surface area contributed by atoms with Crippen molar-refractivity contribution in [3.8, 4) is 11.8 Å². The van der Waals surface area contributed by atoms with Crippen LogP contribution in [0.25, 0.3) is 16.4 Å². The molecule has 4 fully saturated rings. The van der Waals surface area contributed by atoms with E-state index in [9.17, 15) is 9.59 Å². The summed E-state index contributed by atoms with van der Waals surface area (Å²) in [5.74, 6) is 8.09. The fraction of sp³-hybridized carbons (Fsp3) is 0.382. The van der Waals surface area contributed by atoms with Gasteiger partial charge in [-0.1, -0.05) is 24.0 Å². The molecule has 4 bridgehead atoms. The predicted molar refractivity (Wildman–Crippen MR) is 167 cm³/mol. The monoisotopic (exact) mass is 586 g/mol. The minimum absolute atomic E-state index is 0.0335. The highest BCUT2D eigenvalue weighted by Gasteiger charge is 2.53. The zero-order chi connectivity index (χ0) is 30.2. The Balaban J connectivity index is 1.27. The van der Waals surface area contributed by atoms with Crippen molar-refractivity contribution in [2.75, 3.05) is 5.73 Å². The second-order valence-corrected chi connectivity index (χ2v) is 13.1. The fourth-order valence-corrected chi connectivity index (χ4v) is 8.72. The maximum atomic E-state index is 14.9. The quantitative estimate of drug-likeness (QED) is 0.305. The second kappa shape index (κ2) is 9.81. The molecule has 0 aliphatic heterocycles. The maximum absolute atomic E-state index is 14.9. The highest BCUT2D eigenvalue weighted by molar-refractivity contribution is 6.04. The lowest BCUT2D eigenvalue weighted by Gasteiger charge is -2.58. The number of nitrogens with one attached hydrogen (secondary N) is 1. The predicted octanol–water partition coefficient (Wildman–Crippen LogP) is 4.18. The summed E-state index contributed by atoms with van der Waals surface area (Å²) in [6.07, 6.45) is 13.7. The van der Waals surface area contributed by atoms with Gasteiger partial charge in [0.05, 0.1) is 23.2 Å². The average Bonchev–Trinajstić information content (AvgIpc) is 3.56. The van der Waals surface area contributed by atoms with Crippen LogP contribution in [0.4, 0.5) is 5.82 Å². The number of aromatic nitrogens is 6. The van der Waals surface area contributed by atoms with Gasteiger partial charge in [-0.3, -0.25) is 14.3 Å². The summed E-state index contributed by atoms with van der Waals surface area (Å²) in [6.45, 7) is 1.94. The Bertz CT molecular complexity index is 2060. The molecular weight excluding hydrogens is 552 g/mol. The number of nitrogen functional groups attached to an aromatic ring is 1. The van der Waals surface area contributed by atoms with Gasteiger partial charge in [0.25, 0.3) is 11.5 Å². The zero-order valence-corrected chi connectivity index (χ0v) is 24.8. The van der Waals surface area contributed by atoms with Crippen LogP contribution in [-0.4, -0.2) is 34.9 Å². The molecule has 4 aromatic heterocycles. The van der Waals surface area contributed by atoms with Crippen molar-refractivity contribution in [1.29, 1.82) is 0 Å². The number of fused-ring (bicyclic) bond motifs is 2. The topological polar surface area (TPSA) is 125 Å². The molecule has 4 aliphatic carbocycles. The molecule has 0 saturated heterocycles. The highest BCUT2D eigenvalue weighted by Crippen LogP contribution is 2.59. The molecule has 1 amide bonds. The summed E-state index contributed by atoms with van der Waals surface area (Å²) in [7, 11) is 1.86. The van der Waals surface area contributed by atoms with Crippen LogP contribution in [0.3, 0.4) is 0 Å². The van der Waals surface area contributed by atoms with Crippen molar-refractivity contribution in [2.45, 2.75) is 57.0 Å². The van der Waals surface area contributed by atoms with Gasteiger partial charge in [0.2, 0.25) is 0 Å². The first-order valence-electron chi connectivity index (χ1n) is 15.4. The number of anilines is 1. The number of pyridine rings is 1. The molecule has 44 heavy (non-hydrogen) atoms. The minimum atomic E-state index is -0.476. The first-order chi connectivity index (χ1) is 21.3. The van der Waals surface area contributed by atoms with E-state index in [4.69, 9.17) is 5.73 Å². The third-order valence-corrected chi connectivity index (χ3v) is 10.0. The van der Waals surface area contributed by atoms with E-state index in [0.29, 0.717) is 34.4 Å². The van der Waals surface area contributed by atoms with E-state index in [1.807, 2.05) is 38.4 Å². The summed E-state index contributed by atoms with van der Waals surface area (Å²) in [6, 6.07) is 9.15. The third-order valence-electron chi connectivity index (χ3n) is 10.0. The number of nitrogens with two attached hydrogens (primary N) is 1. The van der Waals surface area contributed by atoms with Crippen LogP contribution in [0.15, 0.2) is 59.9 Å². The van der Waals surface area contributed by atoms with E-state index in [-0.39, 0.29) is 28.4 Å². The Kier molecular flexibility index (Phi) is 5.95. The second-order valence-electron chi connectivity index (χ2n) is 13.1. The van der Waals surface area contributed by atoms with Crippen LogP contribution in [-0.2, 0) is 12.6 Å². The number of nitrogens with zero attached hydrogens (tertiary/aromatic N) is 6. The Morgan fingerprint density at radius 2 is 1.86 bits per heavy atom. The normalized spacial score (nSPS) is 24.4. The molecule has 4 heterocycles. The summed E-state index contributed by atoms with van der Waals surface area (Å²) in [5, 5.41) is 13.1. The van der Waals surface area contributed by atoms with Crippen LogP contribution in [0.1, 0.15) is 78.7 Å². The molecule has 1 atom stereocenters. The molecule has 5 aromatic rings. The molecule has 10 nitrogen and oxygen atoms in total. The number of amides is 1. The van der Waals surface area contributed by atoms with E-state index >= 15 is 0 Å². The van der Waals surface area contributed by atoms with Crippen LogP contribution in [0.2, 0.25) is 0 Å². The van der Waals surface area contributed by atoms with Crippen molar-refractivity contribution >= 4 is 28.1 Å². The number of benzene rings is 1. The fourth-order valence-electron chi connectivity index (χ4n) is 8.72. The lowest BCUT2D eigenvalue weighted by molar-refractivity contribution is -0.0464. The van der Waals surface area contributed by atoms with Crippen molar-refractivity contribution in [3.05, 3.63) is 87.9 Å². The molecule has 0 radical (unpaired) electrons. The Morgan fingerprint density at radius 1 is 1.11 bits per heavy atom. The largest absolute Gasteiger partial charge is 0.381 e. The first-order valence-corrected chi connectivity index (χ1v) is 15.4. The van der Waals surface area contributed by atoms with Gasteiger partial charge in [-0.15, -0.1) is 5.10 Å². The molecule has 0 unspecified atom stereocenters. The van der Waals surface area contributed by atoms with E-state index < -0.39 is 6.04 Å². The zero-order valence-electron chi connectivity index (χ0n) is 24.8. The SMILES string of the molecule is C[C@H](NC(=O)c1c(N)nn2cccnc12)c1cc2cccc(C#Cc3cnn(C)c3)c2c(=O)n1C12CC3CC(CC(C3)C1)C2. The summed E-state index contributed by atoms with van der Waals surface area (Å²) in [5.41, 5.74) is 8.79. The molecule has 222 valence electrons. The number of hydrogen-bond donors (Lipinski definition) is 2. The van der Waals surface area contributed by atoms with Crippen molar-refractivity contribution in [1.82, 2.24) is 34.3 Å². The highest BCUT2D eigenvalue weighted by atomic mass is 16.2. The summed E-state index contributed by atoms with van der Waals surface area (Å²) >= 11 is 0. The first kappa shape index (κ1) is 26.7. The van der Waals surface area contributed by atoms with Gasteiger partial charge in [-0.2, -0.15) is 5.10 Å². The van der Waals surface area contributed by atoms with Crippen LogP contribution in [0, 0.1) is 29.6 Å². The van der Waals surface area contributed by atoms with Gasteiger partial charge in [0, 0.05) is 42.4 Å². The van der Waals surface area contributed by atoms with Gasteiger partial charge in [-0.25, -0.2) is 9.50 Å². The van der Waals surface area contributed by atoms with Crippen molar-refractivity contribution < 1.29 is 4.79 Å². The summed E-state index contributed by atoms with van der Waals surface area (Å²) in [4.78, 5) is 32.9. The van der Waals surface area contributed by atoms with Crippen LogP contribution < -0.4 is 16.6 Å². The molecule has 9 rings (SSSR count). The Morgan fingerprint density at radius 3 is 2.57 bits per heavy atom. The standard InChI is InChI=1S/C34H34N8O2/c1-20(38-32(43)29-30(35)39-41-10-4-9-36-31(29)41)27-14-26-6-3-5-25(8-7-21-18-37-40(2)19-21)28(26)33(44)42(27)34-15-22-11-23(16-34)13-24(12-22)17-34/h3-6,9-10,14,18-20,22-24H,11-13,15-17H2,1-2H3,(H2,35,39)(H,38,43)/t20-,22?,23?,24?,34?/m0/s1. The van der Waals surface area contributed by atoms with Gasteiger partial charge >= 0.3 is 0 Å². The molecule has 0 spiro atoms. The smallest absolute Gasteiger partial charge is 0.260 e. The Labute approximate surface area is 254 Å². The molecule has 4 aliphatic rings. The average molecular weight is 587 g/mol. The van der Waals surface area contributed by atoms with E-state index in [1.165, 1.54) is 23.8 Å². The van der Waals surface area contributed by atoms with E-state index in [0.717, 1.165) is 35.9 Å². The lowest BCUT2D eigenvalue weighted by atomic mass is 9.52. The van der Waals surface area contributed by atoms with Crippen LogP contribution in [0.5, 0.6) is 0 Å². The van der Waals surface area contributed by atoms with Gasteiger partial charge in [0.15, 0.2) is 11.5 Å². The molecular formula is C34H34N8O2. The number of aryl methyl sites for hydroxylation is 1. The number of hydrogen-bond acceptors (Lipinski definition) is 6.